The Morgan fingerprint density at radius 3 is 2.38 bits per heavy atom. The lowest BCUT2D eigenvalue weighted by atomic mass is 9.96. The predicted octanol–water partition coefficient (Wildman–Crippen LogP) is 2.25. The molecule has 1 saturated heterocycles. The molecule has 1 fully saturated rings. The first kappa shape index (κ1) is 10.1. The highest BCUT2D eigenvalue weighted by atomic mass is 19.4. The maximum absolute atomic E-state index is 12.3. The minimum absolute atomic E-state index is 0.0584. The first-order valence-corrected chi connectivity index (χ1v) is 3.76. The van der Waals surface area contributed by atoms with E-state index in [2.05, 4.69) is 9.47 Å². The van der Waals surface area contributed by atoms with Gasteiger partial charge in [0.15, 0.2) is 5.60 Å². The van der Waals surface area contributed by atoms with E-state index in [9.17, 15) is 18.0 Å². The lowest BCUT2D eigenvalue weighted by Crippen LogP contribution is -2.45. The molecule has 13 heavy (non-hydrogen) atoms. The van der Waals surface area contributed by atoms with E-state index < -0.39 is 24.0 Å². The molecule has 1 rings (SSSR count). The Kier molecular flexibility index (Phi) is 2.17. The van der Waals surface area contributed by atoms with Crippen LogP contribution in [0.5, 0.6) is 0 Å². The molecule has 0 aromatic carbocycles. The average molecular weight is 198 g/mol. The summed E-state index contributed by atoms with van der Waals surface area (Å²) in [5, 5.41) is 0. The summed E-state index contributed by atoms with van der Waals surface area (Å²) in [5.74, 6) is 0. The van der Waals surface area contributed by atoms with Crippen LogP contribution in [0.3, 0.4) is 0 Å². The molecule has 0 bridgehead atoms. The Labute approximate surface area is 72.8 Å². The normalized spacial score (nSPS) is 34.2. The summed E-state index contributed by atoms with van der Waals surface area (Å²) in [7, 11) is 0. The molecule has 0 amide bonds. The Balaban J connectivity index is 2.90. The minimum atomic E-state index is -4.57. The largest absolute Gasteiger partial charge is 0.509 e. The molecule has 2 atom stereocenters. The summed E-state index contributed by atoms with van der Waals surface area (Å²) in [5.41, 5.74) is -1.59. The maximum Gasteiger partial charge on any atom is 0.509 e. The van der Waals surface area contributed by atoms with Gasteiger partial charge in [0, 0.05) is 0 Å². The van der Waals surface area contributed by atoms with Gasteiger partial charge in [-0.15, -0.1) is 0 Å². The first-order chi connectivity index (χ1) is 5.79. The Morgan fingerprint density at radius 1 is 1.54 bits per heavy atom. The highest BCUT2D eigenvalue weighted by molar-refractivity contribution is 5.63. The van der Waals surface area contributed by atoms with E-state index in [1.165, 1.54) is 13.8 Å². The summed E-state index contributed by atoms with van der Waals surface area (Å²) in [6, 6.07) is 0. The molecule has 3 nitrogen and oxygen atoms in total. The smallest absolute Gasteiger partial charge is 0.424 e. The van der Waals surface area contributed by atoms with E-state index in [0.717, 1.165) is 0 Å². The third kappa shape index (κ3) is 1.71. The van der Waals surface area contributed by atoms with Crippen LogP contribution < -0.4 is 0 Å². The monoisotopic (exact) mass is 198 g/mol. The molecule has 76 valence electrons. The SMILES string of the molecule is CCC1(C)OC(=O)OC1C(F)(F)F. The highest BCUT2D eigenvalue weighted by Gasteiger charge is 2.60. The number of ether oxygens (including phenoxy) is 2. The summed E-state index contributed by atoms with van der Waals surface area (Å²) in [6.45, 7) is 2.71. The van der Waals surface area contributed by atoms with Gasteiger partial charge < -0.3 is 9.47 Å². The quantitative estimate of drug-likeness (QED) is 0.606. The van der Waals surface area contributed by atoms with Crippen molar-refractivity contribution in [3.8, 4) is 0 Å². The van der Waals surface area contributed by atoms with E-state index in [1.54, 1.807) is 0 Å². The second-order valence-corrected chi connectivity index (χ2v) is 3.06. The van der Waals surface area contributed by atoms with Crippen molar-refractivity contribution < 1.29 is 27.4 Å². The lowest BCUT2D eigenvalue weighted by Gasteiger charge is -2.26. The first-order valence-electron chi connectivity index (χ1n) is 3.76. The van der Waals surface area contributed by atoms with E-state index >= 15 is 0 Å². The van der Waals surface area contributed by atoms with Crippen LogP contribution in [-0.4, -0.2) is 24.0 Å². The molecule has 2 unspecified atom stereocenters. The number of carbonyl (C=O) groups is 1. The zero-order valence-corrected chi connectivity index (χ0v) is 7.14. The third-order valence-corrected chi connectivity index (χ3v) is 2.08. The van der Waals surface area contributed by atoms with Gasteiger partial charge in [-0.05, 0) is 13.3 Å². The van der Waals surface area contributed by atoms with Crippen molar-refractivity contribution in [2.75, 3.05) is 0 Å². The number of halogens is 3. The van der Waals surface area contributed by atoms with Gasteiger partial charge in [0.2, 0.25) is 6.10 Å². The van der Waals surface area contributed by atoms with Crippen LogP contribution in [0, 0.1) is 0 Å². The van der Waals surface area contributed by atoms with Crippen molar-refractivity contribution in [2.24, 2.45) is 0 Å². The summed E-state index contributed by atoms with van der Waals surface area (Å²) >= 11 is 0. The van der Waals surface area contributed by atoms with E-state index in [1.807, 2.05) is 0 Å². The zero-order chi connectivity index (χ0) is 10.3. The second kappa shape index (κ2) is 2.78. The van der Waals surface area contributed by atoms with E-state index in [0.29, 0.717) is 0 Å². The van der Waals surface area contributed by atoms with Gasteiger partial charge in [-0.2, -0.15) is 13.2 Å². The predicted molar refractivity (Wildman–Crippen MR) is 36.1 cm³/mol. The Hall–Kier alpha value is -0.940. The van der Waals surface area contributed by atoms with Gasteiger partial charge >= 0.3 is 12.3 Å². The van der Waals surface area contributed by atoms with Crippen molar-refractivity contribution in [1.82, 2.24) is 0 Å². The Morgan fingerprint density at radius 2 is 2.08 bits per heavy atom. The minimum Gasteiger partial charge on any atom is -0.424 e. The molecule has 1 aliphatic heterocycles. The number of carbonyl (C=O) groups excluding carboxylic acids is 1. The van der Waals surface area contributed by atoms with Gasteiger partial charge in [0.1, 0.15) is 0 Å². The number of hydrogen-bond acceptors (Lipinski definition) is 3. The summed E-state index contributed by atoms with van der Waals surface area (Å²) < 4.78 is 45.3. The topological polar surface area (TPSA) is 35.5 Å². The molecular formula is C7H9F3O3. The molecule has 0 spiro atoms. The molecule has 0 radical (unpaired) electrons. The van der Waals surface area contributed by atoms with Crippen LogP contribution in [0.15, 0.2) is 0 Å². The molecule has 0 aromatic heterocycles. The number of cyclic esters (lactones) is 2. The van der Waals surface area contributed by atoms with Crippen molar-refractivity contribution in [3.63, 3.8) is 0 Å². The summed E-state index contributed by atoms with van der Waals surface area (Å²) in [4.78, 5) is 10.5. The molecule has 0 aliphatic carbocycles. The number of hydrogen-bond donors (Lipinski definition) is 0. The fraction of sp³-hybridized carbons (Fsp3) is 0.857. The van der Waals surface area contributed by atoms with Crippen molar-refractivity contribution in [3.05, 3.63) is 0 Å². The number of rotatable bonds is 1. The highest BCUT2D eigenvalue weighted by Crippen LogP contribution is 2.39. The van der Waals surface area contributed by atoms with Crippen molar-refractivity contribution >= 4 is 6.16 Å². The fourth-order valence-corrected chi connectivity index (χ4v) is 1.16. The van der Waals surface area contributed by atoms with Gasteiger partial charge in [0.25, 0.3) is 0 Å². The molecule has 6 heteroatoms. The summed E-state index contributed by atoms with van der Waals surface area (Å²) in [6.07, 6.45) is -7.93. The van der Waals surface area contributed by atoms with Crippen LogP contribution in [0.25, 0.3) is 0 Å². The molecule has 0 aromatic rings. The molecule has 1 aliphatic rings. The fourth-order valence-electron chi connectivity index (χ4n) is 1.16. The molecular weight excluding hydrogens is 189 g/mol. The van der Waals surface area contributed by atoms with E-state index in [-0.39, 0.29) is 6.42 Å². The number of alkyl halides is 3. The van der Waals surface area contributed by atoms with Crippen LogP contribution in [0.1, 0.15) is 20.3 Å². The lowest BCUT2D eigenvalue weighted by molar-refractivity contribution is -0.218. The van der Waals surface area contributed by atoms with Gasteiger partial charge in [-0.1, -0.05) is 6.92 Å². The molecule has 1 heterocycles. The molecule has 0 saturated carbocycles. The van der Waals surface area contributed by atoms with Gasteiger partial charge in [0.05, 0.1) is 0 Å². The zero-order valence-electron chi connectivity index (χ0n) is 7.14. The second-order valence-electron chi connectivity index (χ2n) is 3.06. The van der Waals surface area contributed by atoms with Crippen LogP contribution >= 0.6 is 0 Å². The van der Waals surface area contributed by atoms with Gasteiger partial charge in [-0.25, -0.2) is 4.79 Å². The van der Waals surface area contributed by atoms with Crippen molar-refractivity contribution in [2.45, 2.75) is 38.1 Å². The van der Waals surface area contributed by atoms with Crippen molar-refractivity contribution in [1.29, 1.82) is 0 Å². The van der Waals surface area contributed by atoms with Crippen LogP contribution in [0.4, 0.5) is 18.0 Å². The average Bonchev–Trinajstić information content (AvgIpc) is 2.26. The molecule has 0 N–H and O–H groups in total. The van der Waals surface area contributed by atoms with Crippen LogP contribution in [0.2, 0.25) is 0 Å². The Bertz CT molecular complexity index is 226. The maximum atomic E-state index is 12.3. The van der Waals surface area contributed by atoms with Crippen LogP contribution in [-0.2, 0) is 9.47 Å². The van der Waals surface area contributed by atoms with Gasteiger partial charge in [-0.3, -0.25) is 0 Å². The van der Waals surface area contributed by atoms with E-state index in [4.69, 9.17) is 0 Å². The third-order valence-electron chi connectivity index (χ3n) is 2.08. The standard InChI is InChI=1S/C7H9F3O3/c1-3-6(2)4(7(8,9)10)12-5(11)13-6/h4H,3H2,1-2H3.